The quantitative estimate of drug-likeness (QED) is 0.0881. The van der Waals surface area contributed by atoms with Crippen molar-refractivity contribution >= 4 is 82.9 Å². The molecule has 2 amide bonds. The van der Waals surface area contributed by atoms with E-state index in [0.29, 0.717) is 52.8 Å². The van der Waals surface area contributed by atoms with Crippen molar-refractivity contribution in [1.82, 2.24) is 39.7 Å². The van der Waals surface area contributed by atoms with Crippen molar-refractivity contribution in [3.05, 3.63) is 89.7 Å². The maximum absolute atomic E-state index is 13.0. The number of nitrogens with one attached hydrogen (secondary N) is 3. The third-order valence-electron chi connectivity index (χ3n) is 11.9. The fourth-order valence-corrected chi connectivity index (χ4v) is 10.1. The number of fused-ring (bicyclic) bond motifs is 8. The number of nitrogens with zero attached hydrogens (tertiary/aromatic N) is 6. The molecule has 0 bridgehead atoms. The van der Waals surface area contributed by atoms with E-state index in [4.69, 9.17) is 27.6 Å². The van der Waals surface area contributed by atoms with Crippen LogP contribution in [0.4, 0.5) is 17.3 Å². The highest BCUT2D eigenvalue weighted by atomic mass is 35.5. The lowest BCUT2D eigenvalue weighted by Crippen LogP contribution is -2.55. The van der Waals surface area contributed by atoms with E-state index in [1.165, 1.54) is 36.4 Å². The van der Waals surface area contributed by atoms with Gasteiger partial charge >= 0.3 is 0 Å². The maximum Gasteiger partial charge on any atom is 0.248 e. The summed E-state index contributed by atoms with van der Waals surface area (Å²) in [7, 11) is -7.35. The summed E-state index contributed by atoms with van der Waals surface area (Å²) in [6, 6.07) is 15.3. The lowest BCUT2D eigenvalue weighted by Gasteiger charge is -2.43. The molecule has 2 atom stereocenters. The van der Waals surface area contributed by atoms with Gasteiger partial charge in [0.1, 0.15) is 22.4 Å². The summed E-state index contributed by atoms with van der Waals surface area (Å²) < 4.78 is 48.0. The second kappa shape index (κ2) is 18.6. The lowest BCUT2D eigenvalue weighted by atomic mass is 9.79. The van der Waals surface area contributed by atoms with Crippen LogP contribution in [0.5, 0.6) is 0 Å². The Balaban J connectivity index is 0.000000178. The first-order valence-electron chi connectivity index (χ1n) is 20.1. The van der Waals surface area contributed by atoms with Crippen LogP contribution < -0.4 is 32.0 Å². The van der Waals surface area contributed by atoms with Gasteiger partial charge in [0.05, 0.1) is 21.2 Å². The number of carbonyl (C=O) groups excluding carboxylic acids is 2. The molecule has 2 aliphatic heterocycles. The molecular weight excluding hydrogens is 900 g/mol. The van der Waals surface area contributed by atoms with Crippen LogP contribution in [0.25, 0.3) is 22.1 Å². The van der Waals surface area contributed by atoms with E-state index in [2.05, 4.69) is 35.9 Å². The van der Waals surface area contributed by atoms with E-state index in [1.807, 2.05) is 15.2 Å². The average Bonchev–Trinajstić information content (AvgIpc) is 3.84. The molecule has 11 N–H and O–H groups in total. The van der Waals surface area contributed by atoms with E-state index in [0.717, 1.165) is 62.1 Å². The van der Waals surface area contributed by atoms with Crippen LogP contribution in [0.1, 0.15) is 103 Å². The summed E-state index contributed by atoms with van der Waals surface area (Å²) in [4.78, 5) is 42.9. The monoisotopic (exact) mass is 952 g/mol. The minimum Gasteiger partial charge on any atom is -0.399 e. The van der Waals surface area contributed by atoms with E-state index in [9.17, 15) is 36.6 Å². The highest BCUT2D eigenvalue weighted by Crippen LogP contribution is 2.44. The van der Waals surface area contributed by atoms with Crippen LogP contribution in [-0.2, 0) is 40.7 Å². The summed E-state index contributed by atoms with van der Waals surface area (Å²) in [5.74, 6) is -0.0194. The number of rotatable bonds is 4. The van der Waals surface area contributed by atoms with Gasteiger partial charge < -0.3 is 41.0 Å². The number of sulfonamides is 2. The van der Waals surface area contributed by atoms with Gasteiger partial charge in [0.2, 0.25) is 43.1 Å². The largest absolute Gasteiger partial charge is 0.399 e. The van der Waals surface area contributed by atoms with E-state index in [1.54, 1.807) is 30.6 Å². The Morgan fingerprint density at radius 3 is 1.52 bits per heavy atom. The molecule has 2 aromatic carbocycles. The Morgan fingerprint density at radius 2 is 1.08 bits per heavy atom. The number of nitrogen functional groups attached to an aromatic ring is 1. The summed E-state index contributed by atoms with van der Waals surface area (Å²) in [6.07, 6.45) is 10.1. The molecule has 348 valence electrons. The molecule has 2 saturated carbocycles. The standard InChI is InChI=1S/C20H22N6O4S.C14H15ClN4O2.C6H8N2O2S.2CH4/c21-31(29,30)14-6-4-13(5-7-14)23-19-22-11-12-10-15-17(27)25-18(28)20(8-2-1-3-9-20)26(15)16(12)24-19;15-13-16-7-8-6-9-11(20)18-12(21)14(4-2-1-3-5-14)19(9)10(8)17-13;7-5-1-3-6(4-2-5)11(8,9)10;;/h4-7,10-11,17,27H,1-3,8-9H2,(H,25,28)(H2,21,29,30)(H,22,23,24);6-7,11,20H,1-5H2,(H,18,21);1-4H,7H2,(H2,8,9,10);2*1H4. The van der Waals surface area contributed by atoms with Gasteiger partial charge in [-0.25, -0.2) is 37.1 Å². The molecule has 0 radical (unpaired) electrons. The summed E-state index contributed by atoms with van der Waals surface area (Å²) in [5.41, 5.74) is 7.46. The summed E-state index contributed by atoms with van der Waals surface area (Å²) in [6.45, 7) is 0. The van der Waals surface area contributed by atoms with Crippen molar-refractivity contribution in [2.75, 3.05) is 11.1 Å². The number of hydrogen-bond donors (Lipinski definition) is 8. The van der Waals surface area contributed by atoms with Crippen molar-refractivity contribution in [3.8, 4) is 0 Å². The van der Waals surface area contributed by atoms with Gasteiger partial charge in [-0.1, -0.05) is 53.4 Å². The Labute approximate surface area is 381 Å². The van der Waals surface area contributed by atoms with Crippen LogP contribution >= 0.6 is 11.6 Å². The maximum atomic E-state index is 13.0. The van der Waals surface area contributed by atoms with E-state index >= 15 is 0 Å². The van der Waals surface area contributed by atoms with Gasteiger partial charge in [0.15, 0.2) is 12.5 Å². The zero-order valence-corrected chi connectivity index (χ0v) is 36.0. The molecule has 6 aromatic rings. The smallest absolute Gasteiger partial charge is 0.248 e. The van der Waals surface area contributed by atoms with Gasteiger partial charge in [-0.15, -0.1) is 0 Å². The normalized spacial score (nSPS) is 19.5. The van der Waals surface area contributed by atoms with Crippen LogP contribution in [-0.4, -0.2) is 67.9 Å². The van der Waals surface area contributed by atoms with Gasteiger partial charge in [0, 0.05) is 34.5 Å². The number of carbonyl (C=O) groups is 2. The van der Waals surface area contributed by atoms with Gasteiger partial charge in [-0.05, 0) is 97.9 Å². The number of nitrogens with two attached hydrogens (primary N) is 3. The minimum atomic E-state index is -3.77. The molecule has 65 heavy (non-hydrogen) atoms. The number of halogens is 1. The van der Waals surface area contributed by atoms with Gasteiger partial charge in [-0.2, -0.15) is 9.97 Å². The molecule has 23 heteroatoms. The predicted molar refractivity (Wildman–Crippen MR) is 245 cm³/mol. The highest BCUT2D eigenvalue weighted by Gasteiger charge is 2.49. The Bertz CT molecular complexity index is 2950. The number of aliphatic hydroxyl groups is 2. The number of benzene rings is 2. The second-order valence-electron chi connectivity index (χ2n) is 15.9. The van der Waals surface area contributed by atoms with Crippen molar-refractivity contribution in [2.24, 2.45) is 10.3 Å². The lowest BCUT2D eigenvalue weighted by molar-refractivity contribution is -0.139. The molecule has 2 unspecified atom stereocenters. The summed E-state index contributed by atoms with van der Waals surface area (Å²) >= 11 is 5.92. The Kier molecular flexibility index (Phi) is 14.0. The average molecular weight is 954 g/mol. The first-order chi connectivity index (χ1) is 29.9. The van der Waals surface area contributed by atoms with Crippen LogP contribution in [0.3, 0.4) is 0 Å². The van der Waals surface area contributed by atoms with E-state index < -0.39 is 43.6 Å². The zero-order valence-electron chi connectivity index (χ0n) is 33.6. The molecule has 2 aliphatic carbocycles. The van der Waals surface area contributed by atoms with Crippen molar-refractivity contribution in [2.45, 2.75) is 112 Å². The molecule has 4 aromatic heterocycles. The molecule has 2 spiro atoms. The van der Waals surface area contributed by atoms with Gasteiger partial charge in [0.25, 0.3) is 0 Å². The number of primary sulfonamides is 2. The SMILES string of the molecule is C.C.NS(=O)(=O)c1ccc(Nc2ncc3cc4n(c3n2)C2(CCCCC2)C(=O)NC4O)cc1.Nc1ccc(S(N)(=O)=O)cc1.O=C1NC(O)c2cc3cnc(Cl)nc3n2C12CCCCC2. The number of amides is 2. The molecule has 4 aliphatic rings. The molecular formula is C42H53ClN12O8S2. The third-order valence-corrected chi connectivity index (χ3v) is 14.0. The molecule has 0 saturated heterocycles. The van der Waals surface area contributed by atoms with Crippen molar-refractivity contribution < 1.29 is 36.6 Å². The third kappa shape index (κ3) is 9.37. The van der Waals surface area contributed by atoms with Crippen LogP contribution in [0.15, 0.2) is 82.8 Å². The summed E-state index contributed by atoms with van der Waals surface area (Å²) in [5, 5.41) is 40.7. The molecule has 6 heterocycles. The molecule has 20 nitrogen and oxygen atoms in total. The number of anilines is 3. The van der Waals surface area contributed by atoms with Crippen LogP contribution in [0.2, 0.25) is 5.28 Å². The van der Waals surface area contributed by atoms with Crippen molar-refractivity contribution in [1.29, 1.82) is 0 Å². The number of hydrogen-bond acceptors (Lipinski definition) is 14. The Morgan fingerprint density at radius 1 is 0.662 bits per heavy atom. The first kappa shape index (κ1) is 48.7. The Hall–Kier alpha value is -5.75. The van der Waals surface area contributed by atoms with E-state index in [-0.39, 0.29) is 41.7 Å². The molecule has 10 rings (SSSR count). The van der Waals surface area contributed by atoms with Gasteiger partial charge in [-0.3, -0.25) is 9.59 Å². The second-order valence-corrected chi connectivity index (χ2v) is 19.4. The van der Waals surface area contributed by atoms with Crippen LogP contribution in [0, 0.1) is 0 Å². The first-order valence-corrected chi connectivity index (χ1v) is 23.6. The molecule has 2 fully saturated rings. The van der Waals surface area contributed by atoms with Crippen molar-refractivity contribution in [3.63, 3.8) is 0 Å². The number of aliphatic hydroxyl groups excluding tert-OH is 2. The fraction of sp³-hybridized carbons (Fsp3) is 0.381. The fourth-order valence-electron chi connectivity index (χ4n) is 8.92. The minimum absolute atomic E-state index is 0. The number of aromatic nitrogens is 6. The highest BCUT2D eigenvalue weighted by molar-refractivity contribution is 7.89. The zero-order chi connectivity index (χ0) is 44.9. The predicted octanol–water partition coefficient (Wildman–Crippen LogP) is 4.66. The topological polar surface area (TPSA) is 318 Å².